The van der Waals surface area contributed by atoms with Gasteiger partial charge in [0, 0.05) is 12.3 Å². The number of carbonyl (C=O) groups excluding carboxylic acids is 1. The van der Waals surface area contributed by atoms with Gasteiger partial charge < -0.3 is 10.2 Å². The Morgan fingerprint density at radius 1 is 1.08 bits per heavy atom. The van der Waals surface area contributed by atoms with Crippen LogP contribution in [-0.4, -0.2) is 28.2 Å². The molecule has 4 aliphatic carbocycles. The van der Waals surface area contributed by atoms with Crippen molar-refractivity contribution in [2.75, 3.05) is 0 Å². The number of ketones is 1. The molecule has 4 rings (SSSR count). The number of hydrogen-bond acceptors (Lipinski definition) is 3. The van der Waals surface area contributed by atoms with Crippen molar-refractivity contribution in [3.8, 4) is 0 Å². The molecule has 0 aliphatic heterocycles. The minimum absolute atomic E-state index is 0.0433. The van der Waals surface area contributed by atoms with Gasteiger partial charge in [-0.15, -0.1) is 0 Å². The van der Waals surface area contributed by atoms with E-state index in [1.165, 1.54) is 32.1 Å². The van der Waals surface area contributed by atoms with Crippen molar-refractivity contribution in [3.05, 3.63) is 0 Å². The first-order valence-corrected chi connectivity index (χ1v) is 11.1. The topological polar surface area (TPSA) is 57.5 Å². The Bertz CT molecular complexity index is 574. The van der Waals surface area contributed by atoms with Crippen molar-refractivity contribution in [1.29, 1.82) is 0 Å². The number of carbonyl (C=O) groups is 1. The molecule has 26 heavy (non-hydrogen) atoms. The van der Waals surface area contributed by atoms with Crippen LogP contribution in [-0.2, 0) is 4.79 Å². The number of aliphatic hydroxyl groups is 2. The van der Waals surface area contributed by atoms with Gasteiger partial charge in [0.15, 0.2) is 0 Å². The molecule has 0 aromatic carbocycles. The van der Waals surface area contributed by atoms with E-state index >= 15 is 0 Å². The van der Waals surface area contributed by atoms with E-state index in [9.17, 15) is 15.0 Å². The van der Waals surface area contributed by atoms with Crippen LogP contribution in [0, 0.1) is 46.3 Å². The Morgan fingerprint density at radius 2 is 1.77 bits per heavy atom. The standard InChI is InChI=1S/C23H38O3/c1-5-13(2)15-6-7-16-14-10-19(24)18-11-20(25)21(26)12-23(18,4)17(14)8-9-22(15,16)3/h13-18,20-21,25-26H,5-12H2,1-4H3/t13-,14?,15-,16?,17?,18-,20+,21-,22-,23-/m1/s1. The minimum Gasteiger partial charge on any atom is -0.390 e. The first kappa shape index (κ1) is 18.9. The van der Waals surface area contributed by atoms with Gasteiger partial charge in [0.05, 0.1) is 12.2 Å². The third-order valence-electron chi connectivity index (χ3n) is 9.88. The molecule has 0 spiro atoms. The molecule has 10 atom stereocenters. The summed E-state index contributed by atoms with van der Waals surface area (Å²) < 4.78 is 0. The second-order valence-corrected chi connectivity index (χ2v) is 10.8. The maximum absolute atomic E-state index is 13.1. The van der Waals surface area contributed by atoms with Gasteiger partial charge in [0.1, 0.15) is 5.78 Å². The van der Waals surface area contributed by atoms with E-state index in [2.05, 4.69) is 27.7 Å². The lowest BCUT2D eigenvalue weighted by Crippen LogP contribution is -2.59. The summed E-state index contributed by atoms with van der Waals surface area (Å²) in [4.78, 5) is 13.1. The van der Waals surface area contributed by atoms with E-state index in [1.54, 1.807) is 0 Å². The Labute approximate surface area is 158 Å². The highest BCUT2D eigenvalue weighted by Gasteiger charge is 2.63. The summed E-state index contributed by atoms with van der Waals surface area (Å²) in [7, 11) is 0. The van der Waals surface area contributed by atoms with E-state index in [0.29, 0.717) is 41.8 Å². The van der Waals surface area contributed by atoms with E-state index in [4.69, 9.17) is 0 Å². The molecule has 0 bridgehead atoms. The van der Waals surface area contributed by atoms with E-state index in [0.717, 1.165) is 18.3 Å². The van der Waals surface area contributed by atoms with Crippen LogP contribution >= 0.6 is 0 Å². The molecule has 0 heterocycles. The second kappa shape index (κ2) is 6.30. The van der Waals surface area contributed by atoms with Crippen LogP contribution in [0.3, 0.4) is 0 Å². The molecule has 3 heteroatoms. The molecule has 3 nitrogen and oxygen atoms in total. The van der Waals surface area contributed by atoms with Crippen molar-refractivity contribution >= 4 is 5.78 Å². The zero-order chi connectivity index (χ0) is 18.9. The smallest absolute Gasteiger partial charge is 0.136 e. The molecule has 3 unspecified atom stereocenters. The number of fused-ring (bicyclic) bond motifs is 5. The molecular weight excluding hydrogens is 324 g/mol. The first-order valence-electron chi connectivity index (χ1n) is 11.1. The zero-order valence-corrected chi connectivity index (χ0v) is 17.1. The molecule has 0 saturated heterocycles. The zero-order valence-electron chi connectivity index (χ0n) is 17.1. The summed E-state index contributed by atoms with van der Waals surface area (Å²) in [6.07, 6.45) is 6.76. The lowest BCUT2D eigenvalue weighted by molar-refractivity contribution is -0.173. The van der Waals surface area contributed by atoms with Gasteiger partial charge in [0.2, 0.25) is 0 Å². The molecule has 4 fully saturated rings. The normalized spacial score (nSPS) is 55.0. The van der Waals surface area contributed by atoms with Crippen molar-refractivity contribution in [3.63, 3.8) is 0 Å². The predicted molar refractivity (Wildman–Crippen MR) is 102 cm³/mol. The predicted octanol–water partition coefficient (Wildman–Crippen LogP) is 4.20. The first-order chi connectivity index (χ1) is 12.2. The van der Waals surface area contributed by atoms with Crippen LogP contribution in [0.2, 0.25) is 0 Å². The van der Waals surface area contributed by atoms with Gasteiger partial charge in [-0.1, -0.05) is 34.1 Å². The van der Waals surface area contributed by atoms with Crippen LogP contribution in [0.1, 0.15) is 79.1 Å². The summed E-state index contributed by atoms with van der Waals surface area (Å²) in [6.45, 7) is 9.52. The minimum atomic E-state index is -0.719. The van der Waals surface area contributed by atoms with Crippen LogP contribution in [0.25, 0.3) is 0 Å². The monoisotopic (exact) mass is 362 g/mol. The average molecular weight is 363 g/mol. The third-order valence-corrected chi connectivity index (χ3v) is 9.88. The van der Waals surface area contributed by atoms with Crippen LogP contribution in [0.4, 0.5) is 0 Å². The van der Waals surface area contributed by atoms with Crippen molar-refractivity contribution in [1.82, 2.24) is 0 Å². The Balaban J connectivity index is 1.65. The van der Waals surface area contributed by atoms with E-state index in [1.807, 2.05) is 0 Å². The fourth-order valence-corrected chi connectivity index (χ4v) is 8.33. The van der Waals surface area contributed by atoms with Crippen LogP contribution < -0.4 is 0 Å². The van der Waals surface area contributed by atoms with Crippen LogP contribution in [0.5, 0.6) is 0 Å². The number of hydrogen-bond donors (Lipinski definition) is 2. The average Bonchev–Trinajstić information content (AvgIpc) is 2.94. The van der Waals surface area contributed by atoms with Crippen molar-refractivity contribution in [2.45, 2.75) is 91.3 Å². The Hall–Kier alpha value is -0.410. The molecule has 4 saturated carbocycles. The maximum Gasteiger partial charge on any atom is 0.136 e. The summed E-state index contributed by atoms with van der Waals surface area (Å²) in [5, 5.41) is 20.5. The SMILES string of the molecule is CC[C@@H](C)[C@H]1CCC2C3CC(=O)[C@H]4C[C@H](O)[C@H](O)C[C@]4(C)C3CC[C@@]21C. The van der Waals surface area contributed by atoms with Crippen molar-refractivity contribution < 1.29 is 15.0 Å². The lowest BCUT2D eigenvalue weighted by atomic mass is 9.44. The molecule has 148 valence electrons. The second-order valence-electron chi connectivity index (χ2n) is 10.8. The molecular formula is C23H38O3. The highest BCUT2D eigenvalue weighted by atomic mass is 16.3. The molecule has 0 aromatic rings. The third kappa shape index (κ3) is 2.49. The largest absolute Gasteiger partial charge is 0.390 e. The van der Waals surface area contributed by atoms with E-state index < -0.39 is 12.2 Å². The summed E-state index contributed by atoms with van der Waals surface area (Å²) in [6, 6.07) is 0. The maximum atomic E-state index is 13.1. The van der Waals surface area contributed by atoms with Crippen LogP contribution in [0.15, 0.2) is 0 Å². The van der Waals surface area contributed by atoms with Gasteiger partial charge >= 0.3 is 0 Å². The van der Waals surface area contributed by atoms with E-state index in [-0.39, 0.29) is 11.3 Å². The van der Waals surface area contributed by atoms with Gasteiger partial charge in [0.25, 0.3) is 0 Å². The van der Waals surface area contributed by atoms with Crippen molar-refractivity contribution in [2.24, 2.45) is 46.3 Å². The fraction of sp³-hybridized carbons (Fsp3) is 0.957. The Morgan fingerprint density at radius 3 is 2.46 bits per heavy atom. The van der Waals surface area contributed by atoms with Gasteiger partial charge in [-0.25, -0.2) is 0 Å². The quantitative estimate of drug-likeness (QED) is 0.774. The number of aliphatic hydroxyl groups excluding tert-OH is 2. The highest BCUT2D eigenvalue weighted by Crippen LogP contribution is 2.67. The summed E-state index contributed by atoms with van der Waals surface area (Å²) >= 11 is 0. The summed E-state index contributed by atoms with van der Waals surface area (Å²) in [5.74, 6) is 3.62. The fourth-order valence-electron chi connectivity index (χ4n) is 8.33. The molecule has 4 aliphatic rings. The Kier molecular flexibility index (Phi) is 4.59. The lowest BCUT2D eigenvalue weighted by Gasteiger charge is -2.61. The van der Waals surface area contributed by atoms with Gasteiger partial charge in [-0.3, -0.25) is 4.79 Å². The molecule has 0 aromatic heterocycles. The number of rotatable bonds is 2. The summed E-state index contributed by atoms with van der Waals surface area (Å²) in [5.41, 5.74) is 0.279. The molecule has 0 amide bonds. The number of Topliss-reactive ketones (excluding diaryl/α,β-unsaturated/α-hetero) is 1. The van der Waals surface area contributed by atoms with Gasteiger partial charge in [-0.2, -0.15) is 0 Å². The van der Waals surface area contributed by atoms with Gasteiger partial charge in [-0.05, 0) is 78.9 Å². The molecule has 0 radical (unpaired) electrons. The molecule has 2 N–H and O–H groups in total. The highest BCUT2D eigenvalue weighted by molar-refractivity contribution is 5.83.